The minimum Gasteiger partial charge on any atom is -0.450 e. The number of amides is 1. The van der Waals surface area contributed by atoms with Crippen molar-refractivity contribution in [1.82, 2.24) is 8.87 Å². The number of carbonyl (C=O) groups excluding carboxylic acids is 2. The van der Waals surface area contributed by atoms with E-state index in [-0.39, 0.29) is 12.5 Å². The van der Waals surface area contributed by atoms with Crippen LogP contribution in [0.1, 0.15) is 20.3 Å². The third kappa shape index (κ3) is 3.81. The fourth-order valence-corrected chi connectivity index (χ4v) is 5.95. The van der Waals surface area contributed by atoms with Gasteiger partial charge in [0.1, 0.15) is 11.0 Å². The van der Waals surface area contributed by atoms with Gasteiger partial charge in [-0.1, -0.05) is 18.2 Å². The van der Waals surface area contributed by atoms with Gasteiger partial charge in [-0.05, 0) is 43.7 Å². The van der Waals surface area contributed by atoms with E-state index in [4.69, 9.17) is 4.74 Å². The van der Waals surface area contributed by atoms with Crippen LogP contribution in [0.3, 0.4) is 0 Å². The van der Waals surface area contributed by atoms with Gasteiger partial charge in [-0.25, -0.2) is 17.2 Å². The van der Waals surface area contributed by atoms with E-state index in [2.05, 4.69) is 4.90 Å². The second kappa shape index (κ2) is 8.46. The molecule has 1 aliphatic carbocycles. The zero-order valence-electron chi connectivity index (χ0n) is 18.2. The summed E-state index contributed by atoms with van der Waals surface area (Å²) < 4.78 is 32.2. The molecule has 0 saturated carbocycles. The molecular weight excluding hydrogens is 430 g/mol. The minimum atomic E-state index is -3.79. The first-order valence-corrected chi connectivity index (χ1v) is 12.1. The number of ether oxygens (including phenoxy) is 1. The molecule has 1 saturated heterocycles. The molecule has 0 radical (unpaired) electrons. The highest BCUT2D eigenvalue weighted by Gasteiger charge is 2.40. The van der Waals surface area contributed by atoms with Crippen molar-refractivity contribution in [1.29, 1.82) is 0 Å². The first-order chi connectivity index (χ1) is 15.3. The monoisotopic (exact) mass is 457 g/mol. The van der Waals surface area contributed by atoms with Gasteiger partial charge >= 0.3 is 6.09 Å². The van der Waals surface area contributed by atoms with Gasteiger partial charge in [0.05, 0.1) is 12.1 Å². The molecule has 1 atom stereocenters. The van der Waals surface area contributed by atoms with Crippen molar-refractivity contribution in [3.63, 3.8) is 0 Å². The summed E-state index contributed by atoms with van der Waals surface area (Å²) in [6.07, 6.45) is 7.04. The molecule has 32 heavy (non-hydrogen) atoms. The quantitative estimate of drug-likeness (QED) is 0.642. The van der Waals surface area contributed by atoms with E-state index in [9.17, 15) is 18.0 Å². The number of piperazine rings is 1. The van der Waals surface area contributed by atoms with Crippen LogP contribution in [0.4, 0.5) is 10.5 Å². The maximum atomic E-state index is 13.5. The smallest absolute Gasteiger partial charge is 0.409 e. The van der Waals surface area contributed by atoms with Crippen LogP contribution in [0.25, 0.3) is 10.9 Å². The first-order valence-electron chi connectivity index (χ1n) is 10.7. The third-order valence-corrected chi connectivity index (χ3v) is 8.42. The summed E-state index contributed by atoms with van der Waals surface area (Å²) in [5.74, 6) is 0. The van der Waals surface area contributed by atoms with Crippen LogP contribution in [0.5, 0.6) is 0 Å². The molecule has 1 aromatic heterocycles. The SMILES string of the molecule is CCOC(=O)N1CCN(c2ccc3c(ccn3S(=O)(=O)C3(C)C=CC=C(C=O)C3)c2)CC1. The van der Waals surface area contributed by atoms with Crippen molar-refractivity contribution in [3.8, 4) is 0 Å². The fraction of sp³-hybridized carbons (Fsp3) is 0.391. The lowest BCUT2D eigenvalue weighted by Crippen LogP contribution is -2.49. The van der Waals surface area contributed by atoms with Crippen LogP contribution >= 0.6 is 0 Å². The minimum absolute atomic E-state index is 0.137. The lowest BCUT2D eigenvalue weighted by molar-refractivity contribution is -0.105. The van der Waals surface area contributed by atoms with Gasteiger partial charge in [-0.3, -0.25) is 4.79 Å². The van der Waals surface area contributed by atoms with Crippen molar-refractivity contribution < 1.29 is 22.7 Å². The number of fused-ring (bicyclic) bond motifs is 1. The van der Waals surface area contributed by atoms with Gasteiger partial charge in [0, 0.05) is 49.9 Å². The third-order valence-electron chi connectivity index (χ3n) is 6.12. The second-order valence-electron chi connectivity index (χ2n) is 8.24. The first kappa shape index (κ1) is 22.1. The molecule has 1 aliphatic heterocycles. The fourth-order valence-electron chi connectivity index (χ4n) is 4.25. The molecule has 170 valence electrons. The zero-order chi connectivity index (χ0) is 22.9. The number of hydrogen-bond donors (Lipinski definition) is 0. The Morgan fingerprint density at radius 1 is 1.19 bits per heavy atom. The van der Waals surface area contributed by atoms with Crippen molar-refractivity contribution >= 4 is 39.0 Å². The van der Waals surface area contributed by atoms with E-state index >= 15 is 0 Å². The molecular formula is C23H27N3O5S. The number of nitrogens with zero attached hydrogens (tertiary/aromatic N) is 3. The van der Waals surface area contributed by atoms with Gasteiger partial charge in [0.15, 0.2) is 0 Å². The Labute approximate surface area is 187 Å². The lowest BCUT2D eigenvalue weighted by atomic mass is 9.96. The number of allylic oxidation sites excluding steroid dienone is 3. The second-order valence-corrected chi connectivity index (χ2v) is 10.5. The number of anilines is 1. The number of hydrogen-bond acceptors (Lipinski definition) is 6. The van der Waals surface area contributed by atoms with Gasteiger partial charge < -0.3 is 14.5 Å². The molecule has 2 aromatic rings. The summed E-state index contributed by atoms with van der Waals surface area (Å²) in [6, 6.07) is 7.48. The average Bonchev–Trinajstić information content (AvgIpc) is 3.23. The average molecular weight is 458 g/mol. The van der Waals surface area contributed by atoms with Crippen LogP contribution in [-0.2, 0) is 19.6 Å². The number of aldehydes is 1. The molecule has 2 heterocycles. The highest BCUT2D eigenvalue weighted by atomic mass is 32.2. The number of rotatable bonds is 5. The highest BCUT2D eigenvalue weighted by molar-refractivity contribution is 7.91. The molecule has 8 nitrogen and oxygen atoms in total. The van der Waals surface area contributed by atoms with E-state index in [1.54, 1.807) is 49.2 Å². The zero-order valence-corrected chi connectivity index (χ0v) is 19.0. The van der Waals surface area contributed by atoms with Crippen LogP contribution in [0.2, 0.25) is 0 Å². The molecule has 1 unspecified atom stereocenters. The summed E-state index contributed by atoms with van der Waals surface area (Å²) in [4.78, 5) is 27.0. The Hall–Kier alpha value is -3.07. The van der Waals surface area contributed by atoms with Crippen molar-refractivity contribution in [3.05, 3.63) is 54.3 Å². The van der Waals surface area contributed by atoms with Gasteiger partial charge in [0.25, 0.3) is 0 Å². The maximum absolute atomic E-state index is 13.5. The maximum Gasteiger partial charge on any atom is 0.409 e. The lowest BCUT2D eigenvalue weighted by Gasteiger charge is -2.35. The van der Waals surface area contributed by atoms with E-state index < -0.39 is 14.8 Å². The summed E-state index contributed by atoms with van der Waals surface area (Å²) in [5.41, 5.74) is 2.03. The highest BCUT2D eigenvalue weighted by Crippen LogP contribution is 2.34. The molecule has 2 aliphatic rings. The molecule has 0 N–H and O–H groups in total. The van der Waals surface area contributed by atoms with Crippen molar-refractivity contribution in [2.45, 2.75) is 25.0 Å². The van der Waals surface area contributed by atoms with Crippen LogP contribution in [0.15, 0.2) is 54.3 Å². The summed E-state index contributed by atoms with van der Waals surface area (Å²) in [6.45, 7) is 6.28. The Morgan fingerprint density at radius 2 is 1.94 bits per heavy atom. The predicted octanol–water partition coefficient (Wildman–Crippen LogP) is 2.94. The molecule has 9 heteroatoms. The molecule has 1 aromatic carbocycles. The molecule has 4 rings (SSSR count). The van der Waals surface area contributed by atoms with E-state index in [0.717, 1.165) is 11.1 Å². The molecule has 0 spiro atoms. The molecule has 1 amide bonds. The Bertz CT molecular complexity index is 1210. The predicted molar refractivity (Wildman–Crippen MR) is 123 cm³/mol. The Kier molecular flexibility index (Phi) is 5.85. The summed E-state index contributed by atoms with van der Waals surface area (Å²) in [7, 11) is -3.79. The Balaban J connectivity index is 1.56. The number of carbonyl (C=O) groups is 2. The topological polar surface area (TPSA) is 88.9 Å². The molecule has 1 fully saturated rings. The number of benzene rings is 1. The Morgan fingerprint density at radius 3 is 2.62 bits per heavy atom. The van der Waals surface area contributed by atoms with Crippen molar-refractivity contribution in [2.75, 3.05) is 37.7 Å². The number of aromatic nitrogens is 1. The summed E-state index contributed by atoms with van der Waals surface area (Å²) in [5, 5.41) is 0.813. The van der Waals surface area contributed by atoms with Crippen molar-refractivity contribution in [2.24, 2.45) is 0 Å². The van der Waals surface area contributed by atoms with Crippen LogP contribution in [0, 0.1) is 0 Å². The standard InChI is InChI=1S/C23H27N3O5S/c1-3-31-22(28)25-13-11-24(12-14-25)20-6-7-21-19(15-20)8-10-26(21)32(29,30)23(2)9-4-5-18(16-23)17-27/h4-10,15,17H,3,11-14,16H2,1-2H3. The van der Waals surface area contributed by atoms with Gasteiger partial charge in [-0.15, -0.1) is 0 Å². The van der Waals surface area contributed by atoms with E-state index in [1.165, 1.54) is 3.97 Å². The van der Waals surface area contributed by atoms with Gasteiger partial charge in [0.2, 0.25) is 10.0 Å². The molecule has 0 bridgehead atoms. The summed E-state index contributed by atoms with van der Waals surface area (Å²) >= 11 is 0. The van der Waals surface area contributed by atoms with E-state index in [0.29, 0.717) is 50.2 Å². The van der Waals surface area contributed by atoms with Gasteiger partial charge in [-0.2, -0.15) is 0 Å². The van der Waals surface area contributed by atoms with E-state index in [1.807, 2.05) is 18.2 Å². The van der Waals surface area contributed by atoms with Crippen LogP contribution in [-0.4, -0.2) is 67.2 Å². The largest absolute Gasteiger partial charge is 0.450 e. The van der Waals surface area contributed by atoms with Crippen LogP contribution < -0.4 is 4.90 Å². The normalized spacial score (nSPS) is 21.5.